The summed E-state index contributed by atoms with van der Waals surface area (Å²) in [5.41, 5.74) is 2.21. The second-order valence-electron chi connectivity index (χ2n) is 7.77. The zero-order valence-electron chi connectivity index (χ0n) is 18.1. The standard InChI is InChI=1S/C22H34N4O3/c1-17(2)20-15-19(29-24-20)16-23-8-5-9-25-10-12-26(13-11-25)18-6-7-21(27-3)22(14-18)28-4/h6-7,14-15,17,23H,5,8-13,16H2,1-4H3. The molecule has 0 bridgehead atoms. The van der Waals surface area contributed by atoms with Crippen LogP contribution >= 0.6 is 0 Å². The first-order valence-corrected chi connectivity index (χ1v) is 10.5. The molecule has 160 valence electrons. The Balaban J connectivity index is 1.34. The van der Waals surface area contributed by atoms with Crippen molar-refractivity contribution in [2.45, 2.75) is 32.7 Å². The highest BCUT2D eigenvalue weighted by Crippen LogP contribution is 2.31. The third-order valence-corrected chi connectivity index (χ3v) is 5.40. The molecular weight excluding hydrogens is 368 g/mol. The Morgan fingerprint density at radius 2 is 1.83 bits per heavy atom. The van der Waals surface area contributed by atoms with Gasteiger partial charge in [0.1, 0.15) is 0 Å². The zero-order chi connectivity index (χ0) is 20.6. The predicted molar refractivity (Wildman–Crippen MR) is 115 cm³/mol. The molecule has 0 atom stereocenters. The van der Waals surface area contributed by atoms with Gasteiger partial charge in [-0.15, -0.1) is 0 Å². The molecule has 3 rings (SSSR count). The van der Waals surface area contributed by atoms with E-state index >= 15 is 0 Å². The molecule has 0 radical (unpaired) electrons. The minimum absolute atomic E-state index is 0.408. The lowest BCUT2D eigenvalue weighted by Gasteiger charge is -2.36. The van der Waals surface area contributed by atoms with Crippen LogP contribution in [0.25, 0.3) is 0 Å². The second kappa shape index (κ2) is 10.5. The van der Waals surface area contributed by atoms with Gasteiger partial charge in [-0.05, 0) is 37.6 Å². The molecule has 2 heterocycles. The van der Waals surface area contributed by atoms with Crippen LogP contribution in [0.2, 0.25) is 0 Å². The van der Waals surface area contributed by atoms with E-state index in [0.29, 0.717) is 5.92 Å². The Bertz CT molecular complexity index is 754. The molecule has 1 aliphatic heterocycles. The summed E-state index contributed by atoms with van der Waals surface area (Å²) in [6.07, 6.45) is 1.13. The molecule has 0 unspecified atom stereocenters. The summed E-state index contributed by atoms with van der Waals surface area (Å²) in [5, 5.41) is 7.55. The number of aromatic nitrogens is 1. The van der Waals surface area contributed by atoms with Crippen molar-refractivity contribution < 1.29 is 14.0 Å². The lowest BCUT2D eigenvalue weighted by atomic mass is 10.1. The lowest BCUT2D eigenvalue weighted by Crippen LogP contribution is -2.47. The maximum absolute atomic E-state index is 5.43. The van der Waals surface area contributed by atoms with Crippen molar-refractivity contribution in [2.75, 3.05) is 58.4 Å². The number of benzene rings is 1. The molecule has 1 saturated heterocycles. The van der Waals surface area contributed by atoms with Gasteiger partial charge in [0.2, 0.25) is 0 Å². The highest BCUT2D eigenvalue weighted by molar-refractivity contribution is 5.56. The fourth-order valence-corrected chi connectivity index (χ4v) is 3.57. The molecule has 1 N–H and O–H groups in total. The summed E-state index contributed by atoms with van der Waals surface area (Å²) in [5.74, 6) is 2.88. The molecule has 29 heavy (non-hydrogen) atoms. The minimum atomic E-state index is 0.408. The van der Waals surface area contributed by atoms with Gasteiger partial charge in [-0.2, -0.15) is 0 Å². The molecule has 7 heteroatoms. The molecule has 1 aromatic carbocycles. The van der Waals surface area contributed by atoms with E-state index in [1.165, 1.54) is 5.69 Å². The first-order chi connectivity index (χ1) is 14.1. The molecule has 1 aliphatic rings. The van der Waals surface area contributed by atoms with Crippen LogP contribution in [-0.2, 0) is 6.54 Å². The first-order valence-electron chi connectivity index (χ1n) is 10.5. The van der Waals surface area contributed by atoms with Crippen molar-refractivity contribution in [3.05, 3.63) is 35.7 Å². The van der Waals surface area contributed by atoms with Crippen LogP contribution in [-0.4, -0.2) is 63.5 Å². The van der Waals surface area contributed by atoms with Gasteiger partial charge in [0.25, 0.3) is 0 Å². The van der Waals surface area contributed by atoms with Crippen molar-refractivity contribution in [3.8, 4) is 11.5 Å². The Labute approximate surface area is 173 Å². The van der Waals surface area contributed by atoms with Gasteiger partial charge in [-0.25, -0.2) is 0 Å². The smallest absolute Gasteiger partial charge is 0.162 e. The number of ether oxygens (including phenoxy) is 2. The van der Waals surface area contributed by atoms with Gasteiger partial charge in [-0.3, -0.25) is 4.90 Å². The number of rotatable bonds is 10. The van der Waals surface area contributed by atoms with Crippen LogP contribution in [0.3, 0.4) is 0 Å². The average Bonchev–Trinajstić information content (AvgIpc) is 3.23. The van der Waals surface area contributed by atoms with E-state index in [-0.39, 0.29) is 0 Å². The van der Waals surface area contributed by atoms with Gasteiger partial charge >= 0.3 is 0 Å². The van der Waals surface area contributed by atoms with Gasteiger partial charge < -0.3 is 24.2 Å². The number of piperazine rings is 1. The molecule has 7 nitrogen and oxygen atoms in total. The minimum Gasteiger partial charge on any atom is -0.493 e. The van der Waals surface area contributed by atoms with Crippen LogP contribution in [0, 0.1) is 0 Å². The van der Waals surface area contributed by atoms with E-state index in [2.05, 4.69) is 46.3 Å². The van der Waals surface area contributed by atoms with Crippen LogP contribution in [0.4, 0.5) is 5.69 Å². The van der Waals surface area contributed by atoms with Crippen molar-refractivity contribution in [3.63, 3.8) is 0 Å². The Hall–Kier alpha value is -2.25. The van der Waals surface area contributed by atoms with E-state index < -0.39 is 0 Å². The van der Waals surface area contributed by atoms with Crippen LogP contribution in [0.1, 0.15) is 37.6 Å². The van der Waals surface area contributed by atoms with Crippen LogP contribution in [0.5, 0.6) is 11.5 Å². The zero-order valence-corrected chi connectivity index (χ0v) is 18.1. The molecule has 0 aliphatic carbocycles. The van der Waals surface area contributed by atoms with E-state index in [1.54, 1.807) is 14.2 Å². The maximum atomic E-state index is 5.43. The summed E-state index contributed by atoms with van der Waals surface area (Å²) in [6.45, 7) is 11.3. The summed E-state index contributed by atoms with van der Waals surface area (Å²) < 4.78 is 16.1. The van der Waals surface area contributed by atoms with E-state index in [9.17, 15) is 0 Å². The highest BCUT2D eigenvalue weighted by atomic mass is 16.5. The van der Waals surface area contributed by atoms with Crippen molar-refractivity contribution in [1.29, 1.82) is 0 Å². The van der Waals surface area contributed by atoms with Crippen molar-refractivity contribution in [1.82, 2.24) is 15.4 Å². The SMILES string of the molecule is COc1ccc(N2CCN(CCCNCc3cc(C(C)C)no3)CC2)cc1OC. The second-order valence-corrected chi connectivity index (χ2v) is 7.77. The number of anilines is 1. The molecule has 1 fully saturated rings. The third kappa shape index (κ3) is 5.87. The van der Waals surface area contributed by atoms with Crippen LogP contribution in [0.15, 0.2) is 28.8 Å². The normalized spacial score (nSPS) is 15.1. The summed E-state index contributed by atoms with van der Waals surface area (Å²) >= 11 is 0. The molecule has 0 spiro atoms. The molecule has 1 aromatic heterocycles. The third-order valence-electron chi connectivity index (χ3n) is 5.40. The van der Waals surface area contributed by atoms with Gasteiger partial charge in [-0.1, -0.05) is 19.0 Å². The monoisotopic (exact) mass is 402 g/mol. The Morgan fingerprint density at radius 3 is 2.48 bits per heavy atom. The van der Waals surface area contributed by atoms with E-state index in [1.807, 2.05) is 12.1 Å². The largest absolute Gasteiger partial charge is 0.493 e. The molecule has 0 saturated carbocycles. The number of hydrogen-bond donors (Lipinski definition) is 1. The maximum Gasteiger partial charge on any atom is 0.162 e. The van der Waals surface area contributed by atoms with Crippen LogP contribution < -0.4 is 19.7 Å². The first kappa shape index (κ1) is 21.5. The van der Waals surface area contributed by atoms with Gasteiger partial charge in [0.15, 0.2) is 17.3 Å². The van der Waals surface area contributed by atoms with Crippen molar-refractivity contribution in [2.24, 2.45) is 0 Å². The molecular formula is C22H34N4O3. The quantitative estimate of drug-likeness (QED) is 0.613. The lowest BCUT2D eigenvalue weighted by molar-refractivity contribution is 0.253. The summed E-state index contributed by atoms with van der Waals surface area (Å²) in [6, 6.07) is 8.19. The van der Waals surface area contributed by atoms with Gasteiger partial charge in [0.05, 0.1) is 26.5 Å². The Morgan fingerprint density at radius 1 is 1.07 bits per heavy atom. The molecule has 0 amide bonds. The summed E-state index contributed by atoms with van der Waals surface area (Å²) in [7, 11) is 3.35. The average molecular weight is 403 g/mol. The Kier molecular flexibility index (Phi) is 7.77. The van der Waals surface area contributed by atoms with E-state index in [4.69, 9.17) is 14.0 Å². The highest BCUT2D eigenvalue weighted by Gasteiger charge is 2.18. The summed E-state index contributed by atoms with van der Waals surface area (Å²) in [4.78, 5) is 4.94. The molecule has 2 aromatic rings. The number of nitrogens with zero attached hydrogens (tertiary/aromatic N) is 3. The number of methoxy groups -OCH3 is 2. The fourth-order valence-electron chi connectivity index (χ4n) is 3.57. The number of nitrogens with one attached hydrogen (secondary N) is 1. The van der Waals surface area contributed by atoms with Crippen molar-refractivity contribution >= 4 is 5.69 Å². The number of hydrogen-bond acceptors (Lipinski definition) is 7. The van der Waals surface area contributed by atoms with E-state index in [0.717, 1.165) is 75.2 Å². The topological polar surface area (TPSA) is 63.0 Å². The predicted octanol–water partition coefficient (Wildman–Crippen LogP) is 3.12. The van der Waals surface area contributed by atoms with Gasteiger partial charge in [0, 0.05) is 44.0 Å². The fraction of sp³-hybridized carbons (Fsp3) is 0.591.